The van der Waals surface area contributed by atoms with Crippen molar-refractivity contribution in [3.8, 4) is 0 Å². The molecule has 0 radical (unpaired) electrons. The van der Waals surface area contributed by atoms with Gasteiger partial charge >= 0.3 is 0 Å². The van der Waals surface area contributed by atoms with Gasteiger partial charge in [0.25, 0.3) is 11.8 Å². The Morgan fingerprint density at radius 1 is 0.837 bits per heavy atom. The second-order valence-electron chi connectivity index (χ2n) is 9.15. The smallest absolute Gasteiger partial charge is 0.272 e. The van der Waals surface area contributed by atoms with Crippen molar-refractivity contribution >= 4 is 73.6 Å². The van der Waals surface area contributed by atoms with E-state index in [2.05, 4.69) is 36.9 Å². The van der Waals surface area contributed by atoms with Crippen LogP contribution in [0.3, 0.4) is 0 Å². The van der Waals surface area contributed by atoms with Crippen molar-refractivity contribution in [2.75, 3.05) is 10.6 Å². The second kappa shape index (κ2) is 14.6. The summed E-state index contributed by atoms with van der Waals surface area (Å²) in [6.07, 6.45) is 3.26. The Labute approximate surface area is 265 Å². The van der Waals surface area contributed by atoms with Crippen LogP contribution in [-0.4, -0.2) is 22.7 Å². The molecule has 7 nitrogen and oxygen atoms in total. The predicted octanol–water partition coefficient (Wildman–Crippen LogP) is 7.79. The van der Waals surface area contributed by atoms with E-state index in [1.807, 2.05) is 66.7 Å². The number of halogens is 1. The monoisotopic (exact) mass is 668 g/mol. The lowest BCUT2D eigenvalue weighted by Gasteiger charge is -2.17. The molecule has 0 bridgehead atoms. The van der Waals surface area contributed by atoms with Gasteiger partial charge in [0, 0.05) is 32.2 Å². The number of hydrogen-bond acceptors (Lipinski definition) is 6. The number of thioether (sulfide) groups is 1. The fourth-order valence-electron chi connectivity index (χ4n) is 4.01. The van der Waals surface area contributed by atoms with Crippen molar-refractivity contribution < 1.29 is 14.4 Å². The van der Waals surface area contributed by atoms with Gasteiger partial charge in [-0.2, -0.15) is 0 Å². The summed E-state index contributed by atoms with van der Waals surface area (Å²) in [4.78, 5) is 44.7. The van der Waals surface area contributed by atoms with Crippen LogP contribution in [0.5, 0.6) is 0 Å². The summed E-state index contributed by atoms with van der Waals surface area (Å²) in [5, 5.41) is 10.3. The molecule has 0 aliphatic heterocycles. The first-order valence-corrected chi connectivity index (χ1v) is 15.7. The topological polar surface area (TPSA) is 100 Å². The highest BCUT2D eigenvalue weighted by molar-refractivity contribution is 9.10. The number of anilines is 2. The highest BCUT2D eigenvalue weighted by Crippen LogP contribution is 2.37. The normalized spacial score (nSPS) is 11.8. The summed E-state index contributed by atoms with van der Waals surface area (Å²) in [6.45, 7) is 0. The molecule has 3 N–H and O–H groups in total. The number of amides is 3. The van der Waals surface area contributed by atoms with Gasteiger partial charge in [0.2, 0.25) is 5.91 Å². The number of hydrogen-bond donors (Lipinski definition) is 3. The molecule has 214 valence electrons. The zero-order valence-electron chi connectivity index (χ0n) is 22.6. The highest BCUT2D eigenvalue weighted by atomic mass is 79.9. The van der Waals surface area contributed by atoms with Crippen LogP contribution in [0.15, 0.2) is 136 Å². The minimum Gasteiger partial charge on any atom is -0.321 e. The summed E-state index contributed by atoms with van der Waals surface area (Å²) in [7, 11) is 0. The third-order valence-corrected chi connectivity index (χ3v) is 8.52. The molecule has 1 aromatic heterocycles. The summed E-state index contributed by atoms with van der Waals surface area (Å²) in [5.41, 5.74) is 2.60. The van der Waals surface area contributed by atoms with Crippen molar-refractivity contribution in [3.05, 3.63) is 148 Å². The third kappa shape index (κ3) is 8.51. The van der Waals surface area contributed by atoms with Crippen LogP contribution in [0.1, 0.15) is 26.7 Å². The number of rotatable bonds is 10. The fourth-order valence-corrected chi connectivity index (χ4v) is 5.89. The van der Waals surface area contributed by atoms with Crippen LogP contribution >= 0.6 is 39.0 Å². The first-order chi connectivity index (χ1) is 20.9. The van der Waals surface area contributed by atoms with Crippen molar-refractivity contribution in [3.63, 3.8) is 0 Å². The van der Waals surface area contributed by atoms with E-state index in [1.165, 1.54) is 23.1 Å². The van der Waals surface area contributed by atoms with E-state index < -0.39 is 17.1 Å². The molecule has 10 heteroatoms. The SMILES string of the molecule is O=C(Nc1cccc(SC(C(=O)Nc2nccs2)c2ccccc2)c1)/C(=C/c1ccc(Br)cc1)NC(=O)c1ccccc1. The summed E-state index contributed by atoms with van der Waals surface area (Å²) < 4.78 is 0.896. The number of aromatic nitrogens is 1. The second-order valence-corrected chi connectivity index (χ2v) is 12.1. The lowest BCUT2D eigenvalue weighted by atomic mass is 10.1. The molecule has 0 saturated heterocycles. The first kappa shape index (κ1) is 30.0. The minimum atomic E-state index is -0.561. The van der Waals surface area contributed by atoms with Gasteiger partial charge in [0.15, 0.2) is 5.13 Å². The minimum absolute atomic E-state index is 0.0826. The molecule has 0 fully saturated rings. The molecule has 4 aromatic carbocycles. The molecule has 5 rings (SSSR count). The van der Waals surface area contributed by atoms with Crippen LogP contribution in [0.2, 0.25) is 0 Å². The molecule has 0 saturated carbocycles. The van der Waals surface area contributed by atoms with Crippen molar-refractivity contribution in [2.24, 2.45) is 0 Å². The van der Waals surface area contributed by atoms with Crippen LogP contribution in [-0.2, 0) is 9.59 Å². The standard InChI is InChI=1S/C33H25BrN4O3S2/c34-25-16-14-22(15-17-25)20-28(37-30(39)24-10-5-2-6-11-24)31(40)36-26-12-7-13-27(21-26)43-29(23-8-3-1-4-9-23)32(41)38-33-35-18-19-42-33/h1-21,29H,(H,36,40)(H,37,39)(H,35,38,41)/b28-20-. The summed E-state index contributed by atoms with van der Waals surface area (Å²) in [6, 6.07) is 32.8. The summed E-state index contributed by atoms with van der Waals surface area (Å²) in [5.74, 6) is -1.10. The van der Waals surface area contributed by atoms with Gasteiger partial charge in [-0.05, 0) is 59.7 Å². The molecule has 43 heavy (non-hydrogen) atoms. The maximum absolute atomic E-state index is 13.5. The number of carbonyl (C=O) groups excluding carboxylic acids is 3. The highest BCUT2D eigenvalue weighted by Gasteiger charge is 2.23. The molecule has 3 amide bonds. The largest absolute Gasteiger partial charge is 0.321 e. The molecular formula is C33H25BrN4O3S2. The van der Waals surface area contributed by atoms with Gasteiger partial charge in [0.05, 0.1) is 0 Å². The lowest BCUT2D eigenvalue weighted by molar-refractivity contribution is -0.116. The van der Waals surface area contributed by atoms with Crippen LogP contribution in [0, 0.1) is 0 Å². The van der Waals surface area contributed by atoms with Crippen LogP contribution in [0.25, 0.3) is 6.08 Å². The van der Waals surface area contributed by atoms with Gasteiger partial charge in [-0.3, -0.25) is 14.4 Å². The molecule has 5 aromatic rings. The maximum Gasteiger partial charge on any atom is 0.272 e. The Hall–Kier alpha value is -4.51. The Bertz CT molecular complexity index is 1730. The van der Waals surface area contributed by atoms with E-state index in [4.69, 9.17) is 0 Å². The zero-order valence-corrected chi connectivity index (χ0v) is 25.8. The van der Waals surface area contributed by atoms with E-state index in [1.54, 1.807) is 60.1 Å². The van der Waals surface area contributed by atoms with Crippen molar-refractivity contribution in [2.45, 2.75) is 10.1 Å². The van der Waals surface area contributed by atoms with Gasteiger partial charge in [0.1, 0.15) is 10.9 Å². The van der Waals surface area contributed by atoms with E-state index in [0.29, 0.717) is 16.4 Å². The quantitative estimate of drug-likeness (QED) is 0.104. The predicted molar refractivity (Wildman–Crippen MR) is 177 cm³/mol. The Morgan fingerprint density at radius 2 is 1.56 bits per heavy atom. The molecule has 1 atom stereocenters. The molecule has 0 aliphatic carbocycles. The number of carbonyl (C=O) groups is 3. The van der Waals surface area contributed by atoms with Crippen LogP contribution < -0.4 is 16.0 Å². The average molecular weight is 670 g/mol. The number of nitrogens with zero attached hydrogens (tertiary/aromatic N) is 1. The number of thiazole rings is 1. The van der Waals surface area contributed by atoms with E-state index in [0.717, 1.165) is 20.5 Å². The zero-order chi connectivity index (χ0) is 30.0. The molecule has 0 spiro atoms. The van der Waals surface area contributed by atoms with Crippen LogP contribution in [0.4, 0.5) is 10.8 Å². The fraction of sp³-hybridized carbons (Fsp3) is 0.0303. The maximum atomic E-state index is 13.5. The Kier molecular flexibility index (Phi) is 10.2. The van der Waals surface area contributed by atoms with Gasteiger partial charge in [-0.25, -0.2) is 4.98 Å². The first-order valence-electron chi connectivity index (χ1n) is 13.1. The van der Waals surface area contributed by atoms with Gasteiger partial charge in [-0.1, -0.05) is 82.7 Å². The van der Waals surface area contributed by atoms with Gasteiger partial charge < -0.3 is 16.0 Å². The Balaban J connectivity index is 1.37. The number of nitrogens with one attached hydrogen (secondary N) is 3. The van der Waals surface area contributed by atoms with Crippen molar-refractivity contribution in [1.82, 2.24) is 10.3 Å². The molecule has 0 aliphatic rings. The molecular weight excluding hydrogens is 644 g/mol. The van der Waals surface area contributed by atoms with Crippen molar-refractivity contribution in [1.29, 1.82) is 0 Å². The van der Waals surface area contributed by atoms with E-state index in [-0.39, 0.29) is 11.6 Å². The number of benzene rings is 4. The van der Waals surface area contributed by atoms with E-state index >= 15 is 0 Å². The third-order valence-electron chi connectivity index (χ3n) is 6.06. The average Bonchev–Trinajstić information content (AvgIpc) is 3.54. The summed E-state index contributed by atoms with van der Waals surface area (Å²) >= 11 is 6.12. The van der Waals surface area contributed by atoms with Gasteiger partial charge in [-0.15, -0.1) is 23.1 Å². The molecule has 1 heterocycles. The lowest BCUT2D eigenvalue weighted by Crippen LogP contribution is -2.30. The molecule has 1 unspecified atom stereocenters. The van der Waals surface area contributed by atoms with E-state index in [9.17, 15) is 14.4 Å². The Morgan fingerprint density at radius 3 is 2.26 bits per heavy atom.